The highest BCUT2D eigenvalue weighted by atomic mass is 32.1. The number of benzene rings is 2. The average Bonchev–Trinajstić information content (AvgIpc) is 3.43. The van der Waals surface area contributed by atoms with Crippen LogP contribution in [0.1, 0.15) is 32.5 Å². The van der Waals surface area contributed by atoms with Crippen molar-refractivity contribution >= 4 is 39.9 Å². The molecular weight excluding hydrogens is 474 g/mol. The monoisotopic (exact) mass is 493 g/mol. The van der Waals surface area contributed by atoms with E-state index in [0.717, 1.165) is 11.3 Å². The Hall–Kier alpha value is -4.25. The Balaban J connectivity index is 1.66. The van der Waals surface area contributed by atoms with Crippen LogP contribution >= 0.6 is 11.3 Å². The van der Waals surface area contributed by atoms with Crippen molar-refractivity contribution in [2.45, 2.75) is 13.0 Å². The topological polar surface area (TPSA) is 128 Å². The Morgan fingerprint density at radius 3 is 2.40 bits per heavy atom. The minimum atomic E-state index is -0.998. The normalized spacial score (nSPS) is 18.6. The molecule has 0 aliphatic carbocycles. The summed E-state index contributed by atoms with van der Waals surface area (Å²) in [6.07, 6.45) is 0. The van der Waals surface area contributed by atoms with E-state index in [1.165, 1.54) is 24.1 Å². The molecule has 2 aromatic carbocycles. The van der Waals surface area contributed by atoms with Gasteiger partial charge in [-0.1, -0.05) is 23.5 Å². The van der Waals surface area contributed by atoms with Crippen LogP contribution in [0.15, 0.2) is 48.0 Å². The average molecular weight is 493 g/mol. The molecule has 3 aromatic rings. The van der Waals surface area contributed by atoms with Crippen LogP contribution in [0.5, 0.6) is 11.5 Å². The van der Waals surface area contributed by atoms with Crippen LogP contribution in [-0.2, 0) is 14.3 Å². The van der Waals surface area contributed by atoms with Gasteiger partial charge in [0.05, 0.1) is 24.3 Å². The van der Waals surface area contributed by atoms with E-state index in [-0.39, 0.29) is 22.0 Å². The molecule has 2 aliphatic rings. The number of esters is 1. The highest BCUT2D eigenvalue weighted by Crippen LogP contribution is 2.43. The van der Waals surface area contributed by atoms with E-state index in [1.807, 2.05) is 0 Å². The summed E-state index contributed by atoms with van der Waals surface area (Å²) in [7, 11) is 1.27. The Labute approximate surface area is 203 Å². The molecular formula is C24H19N3O7S. The fraction of sp³-hybridized carbons (Fsp3) is 0.208. The van der Waals surface area contributed by atoms with Gasteiger partial charge in [-0.15, -0.1) is 10.2 Å². The molecule has 1 amide bonds. The molecule has 0 saturated carbocycles. The second kappa shape index (κ2) is 8.84. The van der Waals surface area contributed by atoms with Crippen molar-refractivity contribution in [3.63, 3.8) is 0 Å². The minimum absolute atomic E-state index is 0.120. The van der Waals surface area contributed by atoms with Crippen LogP contribution < -0.4 is 14.4 Å². The minimum Gasteiger partial charge on any atom is -0.507 e. The number of rotatable bonds is 4. The van der Waals surface area contributed by atoms with Gasteiger partial charge in [0.1, 0.15) is 24.0 Å². The molecule has 3 heterocycles. The predicted octanol–water partition coefficient (Wildman–Crippen LogP) is 3.03. The van der Waals surface area contributed by atoms with E-state index < -0.39 is 23.7 Å². The number of hydrogen-bond acceptors (Lipinski definition) is 10. The lowest BCUT2D eigenvalue weighted by molar-refractivity contribution is -0.132. The molecule has 1 aromatic heterocycles. The summed E-state index contributed by atoms with van der Waals surface area (Å²) in [6, 6.07) is 10.0. The number of Topliss-reactive ketones (excluding diaryl/α,β-unsaturated/α-hetero) is 1. The number of carbonyl (C=O) groups excluding carboxylic acids is 3. The van der Waals surface area contributed by atoms with E-state index in [0.29, 0.717) is 40.8 Å². The van der Waals surface area contributed by atoms with Gasteiger partial charge >= 0.3 is 11.9 Å². The summed E-state index contributed by atoms with van der Waals surface area (Å²) in [5.41, 5.74) is 0.956. The van der Waals surface area contributed by atoms with Gasteiger partial charge in [-0.2, -0.15) is 0 Å². The summed E-state index contributed by atoms with van der Waals surface area (Å²) in [6.45, 7) is 2.49. The number of methoxy groups -OCH3 is 1. The Kier molecular flexibility index (Phi) is 5.69. The number of ketones is 1. The molecule has 0 spiro atoms. The number of anilines is 1. The van der Waals surface area contributed by atoms with Crippen molar-refractivity contribution in [3.05, 3.63) is 69.7 Å². The number of amides is 1. The summed E-state index contributed by atoms with van der Waals surface area (Å²) in [4.78, 5) is 39.5. The van der Waals surface area contributed by atoms with E-state index in [9.17, 15) is 19.5 Å². The molecule has 10 nitrogen and oxygen atoms in total. The molecule has 0 radical (unpaired) electrons. The van der Waals surface area contributed by atoms with Crippen LogP contribution in [0.25, 0.3) is 5.76 Å². The largest absolute Gasteiger partial charge is 0.507 e. The van der Waals surface area contributed by atoms with Gasteiger partial charge in [-0.25, -0.2) is 4.79 Å². The summed E-state index contributed by atoms with van der Waals surface area (Å²) >= 11 is 1.14. The fourth-order valence-electron chi connectivity index (χ4n) is 3.99. The third-order valence-electron chi connectivity index (χ3n) is 5.63. The van der Waals surface area contributed by atoms with Gasteiger partial charge in [-0.05, 0) is 42.8 Å². The first-order valence-corrected chi connectivity index (χ1v) is 11.4. The quantitative estimate of drug-likeness (QED) is 0.252. The first-order chi connectivity index (χ1) is 16.9. The van der Waals surface area contributed by atoms with Crippen molar-refractivity contribution < 1.29 is 33.7 Å². The van der Waals surface area contributed by atoms with Gasteiger partial charge in [0.25, 0.3) is 5.78 Å². The number of ether oxygens (including phenoxy) is 3. The fourth-order valence-corrected chi connectivity index (χ4v) is 4.71. The predicted molar refractivity (Wildman–Crippen MR) is 125 cm³/mol. The van der Waals surface area contributed by atoms with Crippen molar-refractivity contribution in [2.24, 2.45) is 0 Å². The number of fused-ring (bicyclic) bond motifs is 1. The van der Waals surface area contributed by atoms with E-state index in [4.69, 9.17) is 14.2 Å². The molecule has 5 rings (SSSR count). The number of aliphatic hydroxyl groups is 1. The Morgan fingerprint density at radius 1 is 1.06 bits per heavy atom. The molecule has 2 aliphatic heterocycles. The van der Waals surface area contributed by atoms with Gasteiger partial charge < -0.3 is 19.3 Å². The van der Waals surface area contributed by atoms with Crippen LogP contribution in [0.4, 0.5) is 5.13 Å². The molecule has 1 saturated heterocycles. The Morgan fingerprint density at radius 2 is 1.74 bits per heavy atom. The van der Waals surface area contributed by atoms with Crippen molar-refractivity contribution in [1.29, 1.82) is 0 Å². The van der Waals surface area contributed by atoms with Crippen LogP contribution in [0, 0.1) is 6.92 Å². The molecule has 0 bridgehead atoms. The summed E-state index contributed by atoms with van der Waals surface area (Å²) in [5, 5.41) is 20.1. The van der Waals surface area contributed by atoms with Crippen molar-refractivity contribution in [2.75, 3.05) is 25.2 Å². The smallest absolute Gasteiger partial charge is 0.337 e. The van der Waals surface area contributed by atoms with Gasteiger partial charge in [0.15, 0.2) is 11.5 Å². The maximum atomic E-state index is 13.2. The summed E-state index contributed by atoms with van der Waals surface area (Å²) in [5.74, 6) is -1.66. The number of aryl methyl sites for hydroxylation is 1. The third-order valence-corrected chi connectivity index (χ3v) is 6.47. The lowest BCUT2D eigenvalue weighted by Gasteiger charge is -2.23. The molecule has 1 atom stereocenters. The number of nitrogens with zero attached hydrogens (tertiary/aromatic N) is 3. The lowest BCUT2D eigenvalue weighted by atomic mass is 9.94. The highest BCUT2D eigenvalue weighted by Gasteiger charge is 2.48. The second-order valence-corrected chi connectivity index (χ2v) is 8.90. The second-order valence-electron chi connectivity index (χ2n) is 7.74. The van der Waals surface area contributed by atoms with Crippen molar-refractivity contribution in [1.82, 2.24) is 10.2 Å². The lowest BCUT2D eigenvalue weighted by Crippen LogP contribution is -2.29. The zero-order valence-electron chi connectivity index (χ0n) is 18.7. The first-order valence-electron chi connectivity index (χ1n) is 10.6. The van der Waals surface area contributed by atoms with Crippen molar-refractivity contribution in [3.8, 4) is 11.5 Å². The first kappa shape index (κ1) is 22.5. The zero-order valence-corrected chi connectivity index (χ0v) is 19.5. The van der Waals surface area contributed by atoms with E-state index in [2.05, 4.69) is 10.2 Å². The Bertz CT molecular complexity index is 1380. The maximum Gasteiger partial charge on any atom is 0.337 e. The zero-order chi connectivity index (χ0) is 24.7. The van der Waals surface area contributed by atoms with E-state index >= 15 is 0 Å². The molecule has 178 valence electrons. The van der Waals surface area contributed by atoms with Crippen LogP contribution in [0.2, 0.25) is 0 Å². The molecule has 11 heteroatoms. The third kappa shape index (κ3) is 3.89. The molecule has 35 heavy (non-hydrogen) atoms. The van der Waals surface area contributed by atoms with Gasteiger partial charge in [0.2, 0.25) is 5.13 Å². The number of aliphatic hydroxyl groups excluding tert-OH is 1. The standard InChI is InChI=1S/C24H19N3O7S/c1-12-25-26-24(35-12)27-19(13-3-5-14(6-4-13)23(31)32-2)18(21(29)22(27)30)20(28)15-7-8-16-17(11-15)34-10-9-33-16/h3-8,11,19,28H,9-10H2,1-2H3. The van der Waals surface area contributed by atoms with Crippen LogP contribution in [0.3, 0.4) is 0 Å². The highest BCUT2D eigenvalue weighted by molar-refractivity contribution is 7.15. The number of hydrogen-bond donors (Lipinski definition) is 1. The number of aromatic nitrogens is 2. The molecule has 1 N–H and O–H groups in total. The van der Waals surface area contributed by atoms with Gasteiger partial charge in [0, 0.05) is 5.56 Å². The summed E-state index contributed by atoms with van der Waals surface area (Å²) < 4.78 is 15.9. The SMILES string of the molecule is COC(=O)c1ccc(C2C(=C(O)c3ccc4c(c3)OCCO4)C(=O)C(=O)N2c2nnc(C)s2)cc1. The van der Waals surface area contributed by atoms with Crippen LogP contribution in [-0.4, -0.2) is 53.3 Å². The maximum absolute atomic E-state index is 13.2. The van der Waals surface area contributed by atoms with Gasteiger partial charge in [-0.3, -0.25) is 14.5 Å². The number of carbonyl (C=O) groups is 3. The molecule has 1 fully saturated rings. The van der Waals surface area contributed by atoms with E-state index in [1.54, 1.807) is 37.3 Å². The molecule has 1 unspecified atom stereocenters.